The van der Waals surface area contributed by atoms with E-state index >= 15 is 0 Å². The Morgan fingerprint density at radius 2 is 1.35 bits per heavy atom. The molecule has 2 aromatic carbocycles. The van der Waals surface area contributed by atoms with Gasteiger partial charge in [-0.1, -0.05) is 60.7 Å². The molecule has 0 radical (unpaired) electrons. The van der Waals surface area contributed by atoms with E-state index in [1.54, 1.807) is 0 Å². The van der Waals surface area contributed by atoms with Crippen LogP contribution < -0.4 is 0 Å². The molecule has 0 aliphatic heterocycles. The Morgan fingerprint density at radius 3 is 1.90 bits per heavy atom. The summed E-state index contributed by atoms with van der Waals surface area (Å²) >= 11 is 0. The van der Waals surface area contributed by atoms with E-state index in [-0.39, 0.29) is 35.1 Å². The summed E-state index contributed by atoms with van der Waals surface area (Å²) in [6.45, 7) is 1.37. The van der Waals surface area contributed by atoms with Crippen LogP contribution in [0.4, 0.5) is 0 Å². The van der Waals surface area contributed by atoms with Crippen LogP contribution >= 0.6 is 0 Å². The monoisotopic (exact) mass is 412 g/mol. The van der Waals surface area contributed by atoms with Gasteiger partial charge in [-0.3, -0.25) is 14.6 Å². The molecule has 0 amide bonds. The third-order valence-electron chi connectivity index (χ3n) is 5.13. The summed E-state index contributed by atoms with van der Waals surface area (Å²) in [6.07, 6.45) is 0.792. The molecule has 0 saturated heterocycles. The standard InChI is InChI=1S/C25H24N4O2/c1-29(2)15-9-14-26-19-16-20(30)23-24(25(19)31)28-22(18-12-7-4-8-13-18)21(27-23)17-10-5-3-6-11-17/h3-8,10-13H,9,14-16H2,1-2H3. The van der Waals surface area contributed by atoms with Gasteiger partial charge >= 0.3 is 0 Å². The fourth-order valence-corrected chi connectivity index (χ4v) is 3.56. The van der Waals surface area contributed by atoms with E-state index in [1.165, 1.54) is 0 Å². The molecule has 0 N–H and O–H groups in total. The molecule has 0 spiro atoms. The van der Waals surface area contributed by atoms with E-state index in [9.17, 15) is 9.59 Å². The number of ketones is 2. The van der Waals surface area contributed by atoms with Crippen molar-refractivity contribution >= 4 is 17.3 Å². The average Bonchev–Trinajstić information content (AvgIpc) is 2.80. The van der Waals surface area contributed by atoms with Gasteiger partial charge in [0.25, 0.3) is 0 Å². The molecule has 1 aliphatic carbocycles. The second-order valence-electron chi connectivity index (χ2n) is 7.76. The number of hydrogen-bond acceptors (Lipinski definition) is 6. The van der Waals surface area contributed by atoms with Crippen LogP contribution in [0.3, 0.4) is 0 Å². The molecule has 0 unspecified atom stereocenters. The van der Waals surface area contributed by atoms with Gasteiger partial charge in [0, 0.05) is 17.7 Å². The van der Waals surface area contributed by atoms with E-state index in [0.717, 1.165) is 24.1 Å². The second kappa shape index (κ2) is 9.10. The Labute approximate surface area is 181 Å². The Bertz CT molecular complexity index is 1140. The largest absolute Gasteiger partial charge is 0.309 e. The summed E-state index contributed by atoms with van der Waals surface area (Å²) in [4.78, 5) is 41.8. The van der Waals surface area contributed by atoms with Crippen molar-refractivity contribution in [3.8, 4) is 22.5 Å². The van der Waals surface area contributed by atoms with Crippen LogP contribution in [0.25, 0.3) is 22.5 Å². The highest BCUT2D eigenvalue weighted by Gasteiger charge is 2.33. The lowest BCUT2D eigenvalue weighted by Gasteiger charge is -2.18. The quantitative estimate of drug-likeness (QED) is 0.573. The van der Waals surface area contributed by atoms with Crippen molar-refractivity contribution in [2.45, 2.75) is 12.8 Å². The molecular formula is C25H24N4O2. The lowest BCUT2D eigenvalue weighted by Crippen LogP contribution is -2.30. The second-order valence-corrected chi connectivity index (χ2v) is 7.76. The molecule has 4 rings (SSSR count). The Balaban J connectivity index is 1.79. The zero-order chi connectivity index (χ0) is 21.8. The summed E-state index contributed by atoms with van der Waals surface area (Å²) in [6, 6.07) is 19.2. The van der Waals surface area contributed by atoms with E-state index in [0.29, 0.717) is 17.9 Å². The van der Waals surface area contributed by atoms with Gasteiger partial charge in [-0.15, -0.1) is 0 Å². The minimum atomic E-state index is -0.302. The number of Topliss-reactive ketones (excluding diaryl/α,β-unsaturated/α-hetero) is 2. The lowest BCUT2D eigenvalue weighted by molar-refractivity contribution is 0.0957. The first-order chi connectivity index (χ1) is 15.0. The van der Waals surface area contributed by atoms with Crippen LogP contribution in [-0.4, -0.2) is 59.3 Å². The highest BCUT2D eigenvalue weighted by molar-refractivity contribution is 6.52. The van der Waals surface area contributed by atoms with Gasteiger partial charge in [-0.25, -0.2) is 9.97 Å². The zero-order valence-electron chi connectivity index (χ0n) is 17.7. The first kappa shape index (κ1) is 20.8. The summed E-state index contributed by atoms with van der Waals surface area (Å²) in [7, 11) is 3.98. The van der Waals surface area contributed by atoms with Gasteiger partial charge in [-0.05, 0) is 27.1 Å². The SMILES string of the molecule is CN(C)CCCN=C1CC(=O)c2nc(-c3ccccc3)c(-c3ccccc3)nc2C1=O. The third-order valence-corrected chi connectivity index (χ3v) is 5.13. The number of carbonyl (C=O) groups excluding carboxylic acids is 2. The van der Waals surface area contributed by atoms with Crippen LogP contribution in [0, 0.1) is 0 Å². The van der Waals surface area contributed by atoms with E-state index in [1.807, 2.05) is 74.8 Å². The number of carbonyl (C=O) groups is 2. The number of rotatable bonds is 6. The Kier molecular flexibility index (Phi) is 6.09. The fourth-order valence-electron chi connectivity index (χ4n) is 3.56. The van der Waals surface area contributed by atoms with Crippen LogP contribution in [0.5, 0.6) is 0 Å². The van der Waals surface area contributed by atoms with Crippen molar-refractivity contribution in [2.75, 3.05) is 27.2 Å². The fraction of sp³-hybridized carbons (Fsp3) is 0.240. The van der Waals surface area contributed by atoms with E-state index in [4.69, 9.17) is 0 Å². The number of hydrogen-bond donors (Lipinski definition) is 0. The van der Waals surface area contributed by atoms with E-state index < -0.39 is 0 Å². The molecule has 3 aromatic rings. The maximum atomic E-state index is 13.1. The molecule has 0 saturated carbocycles. The molecule has 0 fully saturated rings. The zero-order valence-corrected chi connectivity index (χ0v) is 17.7. The first-order valence-corrected chi connectivity index (χ1v) is 10.3. The van der Waals surface area contributed by atoms with Gasteiger partial charge in [0.1, 0.15) is 11.4 Å². The van der Waals surface area contributed by atoms with Gasteiger partial charge in [0.2, 0.25) is 5.78 Å². The normalized spacial score (nSPS) is 14.9. The Morgan fingerprint density at radius 1 is 0.806 bits per heavy atom. The Hall–Kier alpha value is -3.51. The van der Waals surface area contributed by atoms with Crippen molar-refractivity contribution in [1.82, 2.24) is 14.9 Å². The summed E-state index contributed by atoms with van der Waals surface area (Å²) in [5, 5.41) is 0. The van der Waals surface area contributed by atoms with Crippen molar-refractivity contribution in [3.05, 3.63) is 72.1 Å². The highest BCUT2D eigenvalue weighted by atomic mass is 16.1. The molecule has 31 heavy (non-hydrogen) atoms. The van der Waals surface area contributed by atoms with Crippen molar-refractivity contribution < 1.29 is 9.59 Å². The molecule has 1 heterocycles. The van der Waals surface area contributed by atoms with Gasteiger partial charge in [0.15, 0.2) is 5.78 Å². The number of benzene rings is 2. The summed E-state index contributed by atoms with van der Waals surface area (Å²) < 4.78 is 0. The highest BCUT2D eigenvalue weighted by Crippen LogP contribution is 2.31. The van der Waals surface area contributed by atoms with E-state index in [2.05, 4.69) is 19.9 Å². The van der Waals surface area contributed by atoms with Crippen LogP contribution in [-0.2, 0) is 0 Å². The topological polar surface area (TPSA) is 75.5 Å². The maximum absolute atomic E-state index is 13.1. The molecule has 0 bridgehead atoms. The number of fused-ring (bicyclic) bond motifs is 1. The molecule has 6 nitrogen and oxygen atoms in total. The minimum Gasteiger partial charge on any atom is -0.309 e. The van der Waals surface area contributed by atoms with Crippen LogP contribution in [0.15, 0.2) is 65.7 Å². The predicted octanol–water partition coefficient (Wildman–Crippen LogP) is 3.97. The number of aromatic nitrogens is 2. The van der Waals surface area contributed by atoms with Crippen molar-refractivity contribution in [1.29, 1.82) is 0 Å². The molecule has 0 atom stereocenters. The summed E-state index contributed by atoms with van der Waals surface area (Å²) in [5.41, 5.74) is 3.37. The van der Waals surface area contributed by atoms with Gasteiger partial charge in [0.05, 0.1) is 23.5 Å². The molecule has 1 aromatic heterocycles. The molecule has 156 valence electrons. The average molecular weight is 412 g/mol. The lowest BCUT2D eigenvalue weighted by atomic mass is 9.94. The molecule has 1 aliphatic rings. The molecule has 6 heteroatoms. The number of nitrogens with zero attached hydrogens (tertiary/aromatic N) is 4. The van der Waals surface area contributed by atoms with Crippen molar-refractivity contribution in [3.63, 3.8) is 0 Å². The third kappa shape index (κ3) is 4.49. The summed E-state index contributed by atoms with van der Waals surface area (Å²) in [5.74, 6) is -0.519. The maximum Gasteiger partial charge on any atom is 0.227 e. The smallest absolute Gasteiger partial charge is 0.227 e. The van der Waals surface area contributed by atoms with Crippen LogP contribution in [0.2, 0.25) is 0 Å². The first-order valence-electron chi connectivity index (χ1n) is 10.3. The molecular weight excluding hydrogens is 388 g/mol. The minimum absolute atomic E-state index is 0.0264. The predicted molar refractivity (Wildman–Crippen MR) is 122 cm³/mol. The van der Waals surface area contributed by atoms with Gasteiger partial charge in [-0.2, -0.15) is 0 Å². The van der Waals surface area contributed by atoms with Crippen LogP contribution in [0.1, 0.15) is 33.8 Å². The van der Waals surface area contributed by atoms with Gasteiger partial charge < -0.3 is 4.90 Å². The van der Waals surface area contributed by atoms with Crippen molar-refractivity contribution in [2.24, 2.45) is 4.99 Å². The number of aliphatic imine (C=N–C) groups is 1.